The predicted octanol–water partition coefficient (Wildman–Crippen LogP) is 2.97. The first-order valence-corrected chi connectivity index (χ1v) is 6.05. The van der Waals surface area contributed by atoms with Gasteiger partial charge in [0, 0.05) is 28.6 Å². The standard InChI is InChI=1S/C15H10N4/c1-2-6-13-11(4-1)8-16-10-14(13)19-15-12(9-18-19)5-3-7-17-15/h1-10H. The number of rotatable bonds is 1. The van der Waals surface area contributed by atoms with Crippen LogP contribution in [0.25, 0.3) is 27.5 Å². The van der Waals surface area contributed by atoms with Crippen molar-refractivity contribution in [3.8, 4) is 5.69 Å². The summed E-state index contributed by atoms with van der Waals surface area (Å²) in [4.78, 5) is 8.68. The molecule has 19 heavy (non-hydrogen) atoms. The molecule has 0 unspecified atom stereocenters. The van der Waals surface area contributed by atoms with Crippen LogP contribution in [-0.2, 0) is 0 Å². The van der Waals surface area contributed by atoms with Crippen molar-refractivity contribution in [2.24, 2.45) is 0 Å². The summed E-state index contributed by atoms with van der Waals surface area (Å²) in [5.41, 5.74) is 1.80. The Labute approximate surface area is 109 Å². The Balaban J connectivity index is 2.10. The van der Waals surface area contributed by atoms with Crippen LogP contribution in [0.2, 0.25) is 0 Å². The lowest BCUT2D eigenvalue weighted by Gasteiger charge is -2.06. The highest BCUT2D eigenvalue weighted by Gasteiger charge is 2.08. The maximum atomic E-state index is 4.43. The summed E-state index contributed by atoms with van der Waals surface area (Å²) < 4.78 is 1.84. The summed E-state index contributed by atoms with van der Waals surface area (Å²) in [7, 11) is 0. The lowest BCUT2D eigenvalue weighted by Crippen LogP contribution is -1.99. The maximum absolute atomic E-state index is 4.43. The van der Waals surface area contributed by atoms with Crippen LogP contribution in [0.4, 0.5) is 0 Å². The van der Waals surface area contributed by atoms with Crippen molar-refractivity contribution in [1.82, 2.24) is 19.7 Å². The molecule has 0 saturated carbocycles. The molecule has 4 rings (SSSR count). The fraction of sp³-hybridized carbons (Fsp3) is 0. The summed E-state index contributed by atoms with van der Waals surface area (Å²) in [6.07, 6.45) is 7.28. The molecule has 1 aromatic carbocycles. The summed E-state index contributed by atoms with van der Waals surface area (Å²) in [5, 5.41) is 7.67. The van der Waals surface area contributed by atoms with E-state index in [0.29, 0.717) is 0 Å². The molecule has 3 heterocycles. The Morgan fingerprint density at radius 2 is 1.74 bits per heavy atom. The number of aromatic nitrogens is 4. The zero-order valence-corrected chi connectivity index (χ0v) is 10.1. The van der Waals surface area contributed by atoms with Gasteiger partial charge in [0.1, 0.15) is 0 Å². The van der Waals surface area contributed by atoms with Crippen LogP contribution in [0.5, 0.6) is 0 Å². The molecule has 0 atom stereocenters. The van der Waals surface area contributed by atoms with Gasteiger partial charge in [-0.3, -0.25) is 4.98 Å². The zero-order valence-electron chi connectivity index (χ0n) is 10.1. The first-order valence-electron chi connectivity index (χ1n) is 6.05. The molecular formula is C15H10N4. The van der Waals surface area contributed by atoms with E-state index < -0.39 is 0 Å². The Morgan fingerprint density at radius 3 is 2.74 bits per heavy atom. The highest BCUT2D eigenvalue weighted by molar-refractivity contribution is 5.90. The number of hydrogen-bond acceptors (Lipinski definition) is 3. The summed E-state index contributed by atoms with van der Waals surface area (Å²) >= 11 is 0. The SMILES string of the molecule is c1ccc2c(-n3ncc4cccnc43)cncc2c1. The third-order valence-electron chi connectivity index (χ3n) is 3.21. The van der Waals surface area contributed by atoms with E-state index in [9.17, 15) is 0 Å². The molecule has 0 aliphatic rings. The van der Waals surface area contributed by atoms with Gasteiger partial charge >= 0.3 is 0 Å². The number of benzene rings is 1. The molecule has 0 fully saturated rings. The van der Waals surface area contributed by atoms with Crippen LogP contribution < -0.4 is 0 Å². The van der Waals surface area contributed by atoms with Gasteiger partial charge in [-0.25, -0.2) is 9.67 Å². The number of nitrogens with zero attached hydrogens (tertiary/aromatic N) is 4. The van der Waals surface area contributed by atoms with Crippen LogP contribution in [0.15, 0.2) is 61.2 Å². The van der Waals surface area contributed by atoms with Gasteiger partial charge in [-0.15, -0.1) is 0 Å². The minimum atomic E-state index is 0.848. The molecule has 0 radical (unpaired) electrons. The molecule has 3 aromatic heterocycles. The molecule has 4 aromatic rings. The van der Waals surface area contributed by atoms with Crippen molar-refractivity contribution >= 4 is 21.8 Å². The van der Waals surface area contributed by atoms with Crippen LogP contribution in [0, 0.1) is 0 Å². The van der Waals surface area contributed by atoms with E-state index in [0.717, 1.165) is 27.5 Å². The molecule has 0 aliphatic carbocycles. The van der Waals surface area contributed by atoms with Gasteiger partial charge in [-0.2, -0.15) is 5.10 Å². The van der Waals surface area contributed by atoms with Crippen molar-refractivity contribution < 1.29 is 0 Å². The number of hydrogen-bond donors (Lipinski definition) is 0. The molecule has 0 aliphatic heterocycles. The monoisotopic (exact) mass is 246 g/mol. The molecule has 0 amide bonds. The van der Waals surface area contributed by atoms with Crippen LogP contribution in [-0.4, -0.2) is 19.7 Å². The van der Waals surface area contributed by atoms with Crippen molar-refractivity contribution in [2.75, 3.05) is 0 Å². The lowest BCUT2D eigenvalue weighted by molar-refractivity contribution is 0.898. The summed E-state index contributed by atoms with van der Waals surface area (Å²) in [5.74, 6) is 0. The van der Waals surface area contributed by atoms with Crippen molar-refractivity contribution in [2.45, 2.75) is 0 Å². The molecule has 90 valence electrons. The van der Waals surface area contributed by atoms with E-state index in [2.05, 4.69) is 21.1 Å². The minimum absolute atomic E-state index is 0.848. The second-order valence-electron chi connectivity index (χ2n) is 4.35. The van der Waals surface area contributed by atoms with Gasteiger partial charge in [-0.05, 0) is 12.1 Å². The molecule has 4 heteroatoms. The smallest absolute Gasteiger partial charge is 0.162 e. The number of fused-ring (bicyclic) bond motifs is 2. The molecule has 0 saturated heterocycles. The highest BCUT2D eigenvalue weighted by atomic mass is 15.3. The van der Waals surface area contributed by atoms with Gasteiger partial charge in [0.05, 0.1) is 18.1 Å². The van der Waals surface area contributed by atoms with Gasteiger partial charge in [0.2, 0.25) is 0 Å². The Morgan fingerprint density at radius 1 is 0.842 bits per heavy atom. The predicted molar refractivity (Wildman–Crippen MR) is 74.2 cm³/mol. The average Bonchev–Trinajstić information content (AvgIpc) is 2.90. The normalized spacial score (nSPS) is 11.2. The highest BCUT2D eigenvalue weighted by Crippen LogP contribution is 2.23. The first-order chi connectivity index (χ1) is 9.43. The topological polar surface area (TPSA) is 43.6 Å². The second-order valence-corrected chi connectivity index (χ2v) is 4.35. The van der Waals surface area contributed by atoms with E-state index in [-0.39, 0.29) is 0 Å². The Hall–Kier alpha value is -2.75. The van der Waals surface area contributed by atoms with Gasteiger partial charge in [0.25, 0.3) is 0 Å². The average molecular weight is 246 g/mol. The van der Waals surface area contributed by atoms with Crippen molar-refractivity contribution in [1.29, 1.82) is 0 Å². The van der Waals surface area contributed by atoms with Crippen LogP contribution in [0.1, 0.15) is 0 Å². The fourth-order valence-electron chi connectivity index (χ4n) is 2.31. The third-order valence-corrected chi connectivity index (χ3v) is 3.21. The second kappa shape index (κ2) is 3.88. The van der Waals surface area contributed by atoms with Crippen LogP contribution >= 0.6 is 0 Å². The summed E-state index contributed by atoms with van der Waals surface area (Å²) in [6.45, 7) is 0. The molecule has 0 spiro atoms. The molecule has 0 bridgehead atoms. The van der Waals surface area contributed by atoms with E-state index in [1.54, 1.807) is 6.20 Å². The Bertz CT molecular complexity index is 874. The largest absolute Gasteiger partial charge is 0.262 e. The van der Waals surface area contributed by atoms with Gasteiger partial charge in [0.15, 0.2) is 5.65 Å². The van der Waals surface area contributed by atoms with Crippen LogP contribution in [0.3, 0.4) is 0 Å². The van der Waals surface area contributed by atoms with E-state index in [4.69, 9.17) is 0 Å². The molecule has 4 nitrogen and oxygen atoms in total. The van der Waals surface area contributed by atoms with Crippen molar-refractivity contribution in [3.05, 3.63) is 61.2 Å². The number of pyridine rings is 2. The van der Waals surface area contributed by atoms with E-state index >= 15 is 0 Å². The minimum Gasteiger partial charge on any atom is -0.262 e. The third kappa shape index (κ3) is 1.50. The van der Waals surface area contributed by atoms with E-state index in [1.165, 1.54) is 0 Å². The molecule has 0 N–H and O–H groups in total. The quantitative estimate of drug-likeness (QED) is 0.518. The Kier molecular flexibility index (Phi) is 2.08. The fourth-order valence-corrected chi connectivity index (χ4v) is 2.31. The summed E-state index contributed by atoms with van der Waals surface area (Å²) in [6, 6.07) is 12.1. The van der Waals surface area contributed by atoms with E-state index in [1.807, 2.05) is 53.6 Å². The van der Waals surface area contributed by atoms with Crippen molar-refractivity contribution in [3.63, 3.8) is 0 Å². The van der Waals surface area contributed by atoms with Gasteiger partial charge < -0.3 is 0 Å². The first kappa shape index (κ1) is 10.2. The van der Waals surface area contributed by atoms with Gasteiger partial charge in [-0.1, -0.05) is 24.3 Å². The maximum Gasteiger partial charge on any atom is 0.162 e. The zero-order chi connectivity index (χ0) is 12.7. The lowest BCUT2D eigenvalue weighted by atomic mass is 10.1. The molecular weight excluding hydrogens is 236 g/mol.